The molecule has 3 rings (SSSR count). The minimum absolute atomic E-state index is 0.136. The van der Waals surface area contributed by atoms with Gasteiger partial charge in [0.05, 0.1) is 14.2 Å². The quantitative estimate of drug-likeness (QED) is 0.200. The molecule has 1 aromatic heterocycles. The van der Waals surface area contributed by atoms with E-state index in [1.165, 1.54) is 0 Å². The third kappa shape index (κ3) is 8.40. The van der Waals surface area contributed by atoms with E-state index in [0.717, 1.165) is 95.4 Å². The minimum atomic E-state index is -0.136. The predicted octanol–water partition coefficient (Wildman–Crippen LogP) is 7.10. The van der Waals surface area contributed by atoms with Crippen LogP contribution >= 0.6 is 0 Å². The monoisotopic (exact) mass is 633 g/mol. The van der Waals surface area contributed by atoms with Crippen molar-refractivity contribution in [1.29, 1.82) is 0 Å². The van der Waals surface area contributed by atoms with Gasteiger partial charge in [-0.1, -0.05) is 26.7 Å². The lowest BCUT2D eigenvalue weighted by Crippen LogP contribution is -2.64. The first-order valence-electron chi connectivity index (χ1n) is 17.7. The molecule has 0 unspecified atom stereocenters. The first kappa shape index (κ1) is 37.7. The number of hydrogen-bond donors (Lipinski definition) is 0. The van der Waals surface area contributed by atoms with Crippen molar-refractivity contribution < 1.29 is 9.68 Å². The zero-order valence-electron chi connectivity index (χ0n) is 31.5. The number of hydrogen-bond acceptors (Lipinski definition) is 10. The summed E-state index contributed by atoms with van der Waals surface area (Å²) in [7, 11) is 3.61. The molecular weight excluding hydrogens is 564 g/mol. The minimum Gasteiger partial charge on any atom is -0.341 e. The van der Waals surface area contributed by atoms with Crippen LogP contribution in [0.25, 0.3) is 0 Å². The van der Waals surface area contributed by atoms with Crippen LogP contribution in [0.3, 0.4) is 0 Å². The molecule has 0 radical (unpaired) electrons. The van der Waals surface area contributed by atoms with Crippen molar-refractivity contribution in [2.75, 3.05) is 55.1 Å². The number of hydroxylamine groups is 4. The molecule has 3 heterocycles. The van der Waals surface area contributed by atoms with Crippen molar-refractivity contribution in [3.05, 3.63) is 0 Å². The SMILES string of the molecule is CCCCN(c1nc(N(CC)CC)nc(N(CCCC)C2CC(C)(C)N(OC)C(C)(C)C2)n1)C1CC(C)(C)N(OC)C(C)(C)C1. The summed E-state index contributed by atoms with van der Waals surface area (Å²) in [5, 5.41) is 4.38. The highest BCUT2D eigenvalue weighted by molar-refractivity contribution is 5.48. The molecule has 0 spiro atoms. The van der Waals surface area contributed by atoms with Gasteiger partial charge in [0.2, 0.25) is 17.8 Å². The Morgan fingerprint density at radius 1 is 0.578 bits per heavy atom. The van der Waals surface area contributed by atoms with Gasteiger partial charge in [0.1, 0.15) is 0 Å². The first-order chi connectivity index (χ1) is 21.0. The van der Waals surface area contributed by atoms with Crippen molar-refractivity contribution >= 4 is 17.8 Å². The van der Waals surface area contributed by atoms with E-state index in [4.69, 9.17) is 24.6 Å². The molecule has 10 nitrogen and oxygen atoms in total. The second-order valence-electron chi connectivity index (χ2n) is 15.8. The molecule has 45 heavy (non-hydrogen) atoms. The molecule has 0 saturated carbocycles. The molecule has 2 fully saturated rings. The Morgan fingerprint density at radius 2 is 0.889 bits per heavy atom. The van der Waals surface area contributed by atoms with E-state index in [-0.39, 0.29) is 34.2 Å². The number of aromatic nitrogens is 3. The molecule has 0 aromatic carbocycles. The molecule has 0 N–H and O–H groups in total. The average Bonchev–Trinajstić information content (AvgIpc) is 2.92. The maximum absolute atomic E-state index is 5.97. The van der Waals surface area contributed by atoms with Crippen molar-refractivity contribution in [1.82, 2.24) is 25.1 Å². The Morgan fingerprint density at radius 3 is 1.16 bits per heavy atom. The first-order valence-corrected chi connectivity index (χ1v) is 17.7. The highest BCUT2D eigenvalue weighted by Crippen LogP contribution is 2.43. The van der Waals surface area contributed by atoms with Crippen LogP contribution in [0.15, 0.2) is 0 Å². The lowest BCUT2D eigenvalue weighted by atomic mass is 9.78. The van der Waals surface area contributed by atoms with Crippen LogP contribution in [0.5, 0.6) is 0 Å². The van der Waals surface area contributed by atoms with E-state index >= 15 is 0 Å². The smallest absolute Gasteiger partial charge is 0.232 e. The van der Waals surface area contributed by atoms with Gasteiger partial charge in [-0.3, -0.25) is 0 Å². The number of rotatable bonds is 15. The fourth-order valence-corrected chi connectivity index (χ4v) is 8.65. The zero-order chi connectivity index (χ0) is 33.8. The lowest BCUT2D eigenvalue weighted by Gasteiger charge is -2.55. The highest BCUT2D eigenvalue weighted by Gasteiger charge is 2.49. The van der Waals surface area contributed by atoms with Gasteiger partial charge in [-0.2, -0.15) is 25.1 Å². The van der Waals surface area contributed by atoms with Crippen molar-refractivity contribution in [3.63, 3.8) is 0 Å². The molecule has 0 atom stereocenters. The van der Waals surface area contributed by atoms with Crippen LogP contribution in [0.2, 0.25) is 0 Å². The van der Waals surface area contributed by atoms with E-state index in [1.807, 2.05) is 0 Å². The highest BCUT2D eigenvalue weighted by atomic mass is 16.7. The molecule has 0 aliphatic carbocycles. The van der Waals surface area contributed by atoms with Crippen LogP contribution in [-0.4, -0.2) is 99.7 Å². The molecule has 1 aromatic rings. The average molecular weight is 633 g/mol. The van der Waals surface area contributed by atoms with Gasteiger partial charge in [-0.15, -0.1) is 0 Å². The van der Waals surface area contributed by atoms with E-state index < -0.39 is 0 Å². The van der Waals surface area contributed by atoms with Crippen LogP contribution in [0, 0.1) is 0 Å². The number of unbranched alkanes of at least 4 members (excludes halogenated alkanes) is 2. The van der Waals surface area contributed by atoms with Gasteiger partial charge in [-0.25, -0.2) is 0 Å². The fraction of sp³-hybridized carbons (Fsp3) is 0.914. The number of anilines is 3. The largest absolute Gasteiger partial charge is 0.341 e. The summed E-state index contributed by atoms with van der Waals surface area (Å²) in [6.07, 6.45) is 8.27. The van der Waals surface area contributed by atoms with Crippen LogP contribution in [0.1, 0.15) is 134 Å². The van der Waals surface area contributed by atoms with Crippen molar-refractivity contribution in [2.45, 2.75) is 169 Å². The van der Waals surface area contributed by atoms with Gasteiger partial charge in [0.15, 0.2) is 0 Å². The second kappa shape index (κ2) is 15.0. The molecule has 0 bridgehead atoms. The van der Waals surface area contributed by atoms with Gasteiger partial charge in [0.25, 0.3) is 0 Å². The standard InChI is InChI=1S/C35H68N8O2/c1-15-19-21-40(27-23-32(5,6)42(44-13)33(7,8)24-27)30-36-29(39(17-3)18-4)37-31(38-30)41(22-20-16-2)28-25-34(9,10)43(45-14)35(11,12)26-28/h27-28H,15-26H2,1-14H3. The van der Waals surface area contributed by atoms with E-state index in [0.29, 0.717) is 0 Å². The summed E-state index contributed by atoms with van der Waals surface area (Å²) in [6, 6.07) is 0.555. The lowest BCUT2D eigenvalue weighted by molar-refractivity contribution is -0.266. The summed E-state index contributed by atoms with van der Waals surface area (Å²) in [5.41, 5.74) is -0.544. The van der Waals surface area contributed by atoms with Gasteiger partial charge in [-0.05, 0) is 108 Å². The van der Waals surface area contributed by atoms with Crippen molar-refractivity contribution in [3.8, 4) is 0 Å². The Labute approximate surface area is 276 Å². The van der Waals surface area contributed by atoms with Crippen LogP contribution in [0.4, 0.5) is 17.8 Å². The summed E-state index contributed by atoms with van der Waals surface area (Å²) >= 11 is 0. The van der Waals surface area contributed by atoms with E-state index in [1.54, 1.807) is 14.2 Å². The third-order valence-electron chi connectivity index (χ3n) is 10.1. The zero-order valence-corrected chi connectivity index (χ0v) is 31.5. The Hall–Kier alpha value is -1.75. The molecule has 2 saturated heterocycles. The normalized spacial score (nSPS) is 22.0. The molecule has 10 heteroatoms. The summed E-state index contributed by atoms with van der Waals surface area (Å²) in [6.45, 7) is 30.8. The van der Waals surface area contributed by atoms with E-state index in [2.05, 4.69) is 108 Å². The predicted molar refractivity (Wildman–Crippen MR) is 188 cm³/mol. The second-order valence-corrected chi connectivity index (χ2v) is 15.8. The Bertz CT molecular complexity index is 963. The third-order valence-corrected chi connectivity index (χ3v) is 10.1. The van der Waals surface area contributed by atoms with E-state index in [9.17, 15) is 0 Å². The Balaban J connectivity index is 2.18. The molecule has 260 valence electrons. The maximum atomic E-state index is 5.97. The van der Waals surface area contributed by atoms with Crippen LogP contribution < -0.4 is 14.7 Å². The van der Waals surface area contributed by atoms with Gasteiger partial charge >= 0.3 is 0 Å². The van der Waals surface area contributed by atoms with Crippen molar-refractivity contribution in [2.24, 2.45) is 0 Å². The molecule has 2 aliphatic heterocycles. The number of nitrogens with zero attached hydrogens (tertiary/aromatic N) is 8. The fourth-order valence-electron chi connectivity index (χ4n) is 8.65. The summed E-state index contributed by atoms with van der Waals surface area (Å²) in [4.78, 5) is 35.2. The maximum Gasteiger partial charge on any atom is 0.232 e. The Kier molecular flexibility index (Phi) is 12.6. The molecule has 2 aliphatic rings. The topological polar surface area (TPSA) is 73.3 Å². The van der Waals surface area contributed by atoms with Gasteiger partial charge < -0.3 is 24.4 Å². The van der Waals surface area contributed by atoms with Crippen LogP contribution in [-0.2, 0) is 9.68 Å². The van der Waals surface area contributed by atoms with Gasteiger partial charge in [0, 0.05) is 60.4 Å². The molecular formula is C35H68N8O2. The molecule has 0 amide bonds. The summed E-state index contributed by atoms with van der Waals surface area (Å²) < 4.78 is 0. The number of piperidine rings is 2. The summed E-state index contributed by atoms with van der Waals surface area (Å²) in [5.74, 6) is 2.41.